The van der Waals surface area contributed by atoms with E-state index in [1.54, 1.807) is 11.3 Å². The second-order valence-corrected chi connectivity index (χ2v) is 6.31. The van der Waals surface area contributed by atoms with E-state index < -0.39 is 0 Å². The molecule has 0 bridgehead atoms. The van der Waals surface area contributed by atoms with Crippen LogP contribution in [0.1, 0.15) is 37.3 Å². The van der Waals surface area contributed by atoms with E-state index in [9.17, 15) is 4.79 Å². The van der Waals surface area contributed by atoms with E-state index in [4.69, 9.17) is 0 Å². The van der Waals surface area contributed by atoms with Crippen molar-refractivity contribution in [2.24, 2.45) is 0 Å². The Bertz CT molecular complexity index is 624. The minimum Gasteiger partial charge on any atom is -0.315 e. The van der Waals surface area contributed by atoms with Crippen molar-refractivity contribution in [2.45, 2.75) is 38.3 Å². The van der Waals surface area contributed by atoms with Crippen LogP contribution in [-0.4, -0.2) is 11.6 Å². The highest BCUT2D eigenvalue weighted by Gasteiger charge is 2.22. The van der Waals surface area contributed by atoms with Gasteiger partial charge in [0, 0.05) is 18.2 Å². The third kappa shape index (κ3) is 2.45. The van der Waals surface area contributed by atoms with Crippen LogP contribution in [0.5, 0.6) is 0 Å². The Morgan fingerprint density at radius 3 is 2.75 bits per heavy atom. The molecular formula is C16H20N2OS. The van der Waals surface area contributed by atoms with Crippen LogP contribution in [0.15, 0.2) is 34.4 Å². The Morgan fingerprint density at radius 1 is 1.30 bits per heavy atom. The normalized spacial score (nSPS) is 15.8. The van der Waals surface area contributed by atoms with Gasteiger partial charge in [-0.2, -0.15) is 0 Å². The molecule has 0 saturated heterocycles. The van der Waals surface area contributed by atoms with Crippen LogP contribution in [0.25, 0.3) is 10.6 Å². The van der Waals surface area contributed by atoms with Crippen molar-refractivity contribution in [1.29, 1.82) is 0 Å². The molecule has 0 atom stereocenters. The van der Waals surface area contributed by atoms with Gasteiger partial charge in [0.05, 0.1) is 10.6 Å². The second-order valence-electron chi connectivity index (χ2n) is 5.36. The first-order chi connectivity index (χ1) is 9.81. The van der Waals surface area contributed by atoms with Crippen molar-refractivity contribution in [2.75, 3.05) is 7.05 Å². The average molecular weight is 288 g/mol. The minimum atomic E-state index is 0.178. The van der Waals surface area contributed by atoms with E-state index >= 15 is 0 Å². The molecule has 4 heteroatoms. The molecule has 2 aromatic rings. The quantitative estimate of drug-likeness (QED) is 0.935. The summed E-state index contributed by atoms with van der Waals surface area (Å²) in [5, 5.41) is 5.16. The lowest BCUT2D eigenvalue weighted by Crippen LogP contribution is -2.29. The van der Waals surface area contributed by atoms with Crippen LogP contribution in [-0.2, 0) is 6.54 Å². The zero-order valence-electron chi connectivity index (χ0n) is 11.8. The number of aromatic nitrogens is 1. The summed E-state index contributed by atoms with van der Waals surface area (Å²) >= 11 is 1.70. The summed E-state index contributed by atoms with van der Waals surface area (Å²) in [7, 11) is 1.88. The summed E-state index contributed by atoms with van der Waals surface area (Å²) in [4.78, 5) is 14.0. The first-order valence-electron chi connectivity index (χ1n) is 7.24. The Balaban J connectivity index is 2.14. The van der Waals surface area contributed by atoms with Crippen LogP contribution >= 0.6 is 11.3 Å². The van der Waals surface area contributed by atoms with Crippen molar-refractivity contribution in [3.63, 3.8) is 0 Å². The van der Waals surface area contributed by atoms with Crippen LogP contribution in [0.3, 0.4) is 0 Å². The average Bonchev–Trinajstić information content (AvgIpc) is 3.13. The van der Waals surface area contributed by atoms with E-state index in [1.807, 2.05) is 23.7 Å². The Labute approximate surface area is 123 Å². The summed E-state index contributed by atoms with van der Waals surface area (Å²) in [6.45, 7) is 0.635. The van der Waals surface area contributed by atoms with Gasteiger partial charge in [-0.3, -0.25) is 4.79 Å². The Hall–Kier alpha value is -1.39. The van der Waals surface area contributed by atoms with Crippen LogP contribution in [0, 0.1) is 0 Å². The standard InChI is InChI=1S/C16H20N2OS/c1-17-11-12-8-9-14(15-7-4-10-20-15)18(16(12)19)13-5-2-3-6-13/h4,7-10,13,17H,2-3,5-6,11H2,1H3. The number of nitrogens with one attached hydrogen (secondary N) is 1. The van der Waals surface area contributed by atoms with Crippen molar-refractivity contribution in [1.82, 2.24) is 9.88 Å². The molecule has 3 nitrogen and oxygen atoms in total. The third-order valence-corrected chi connectivity index (χ3v) is 4.92. The molecule has 20 heavy (non-hydrogen) atoms. The van der Waals surface area contributed by atoms with E-state index in [0.29, 0.717) is 12.6 Å². The van der Waals surface area contributed by atoms with Gasteiger partial charge in [-0.05, 0) is 37.4 Å². The van der Waals surface area contributed by atoms with Gasteiger partial charge in [-0.25, -0.2) is 0 Å². The maximum absolute atomic E-state index is 12.8. The predicted octanol–water partition coefficient (Wildman–Crippen LogP) is 3.41. The summed E-state index contributed by atoms with van der Waals surface area (Å²) < 4.78 is 2.05. The molecule has 0 spiro atoms. The van der Waals surface area contributed by atoms with E-state index in [0.717, 1.165) is 24.1 Å². The molecule has 1 aliphatic rings. The number of thiophene rings is 1. The van der Waals surface area contributed by atoms with Gasteiger partial charge in [-0.1, -0.05) is 25.0 Å². The molecule has 0 unspecified atom stereocenters. The molecular weight excluding hydrogens is 268 g/mol. The highest BCUT2D eigenvalue weighted by atomic mass is 32.1. The molecule has 2 aromatic heterocycles. The monoisotopic (exact) mass is 288 g/mol. The molecule has 0 amide bonds. The number of hydrogen-bond donors (Lipinski definition) is 1. The van der Waals surface area contributed by atoms with Crippen LogP contribution in [0.2, 0.25) is 0 Å². The lowest BCUT2D eigenvalue weighted by atomic mass is 10.1. The predicted molar refractivity (Wildman–Crippen MR) is 84.3 cm³/mol. The Morgan fingerprint density at radius 2 is 2.10 bits per heavy atom. The fourth-order valence-electron chi connectivity index (χ4n) is 3.07. The maximum Gasteiger partial charge on any atom is 0.255 e. The number of pyridine rings is 1. The van der Waals surface area contributed by atoms with E-state index in [1.165, 1.54) is 17.7 Å². The fourth-order valence-corrected chi connectivity index (χ4v) is 3.82. The molecule has 1 aliphatic carbocycles. The van der Waals surface area contributed by atoms with Gasteiger partial charge in [0.1, 0.15) is 0 Å². The molecule has 0 aromatic carbocycles. The summed E-state index contributed by atoms with van der Waals surface area (Å²) in [6, 6.07) is 8.60. The van der Waals surface area contributed by atoms with E-state index in [-0.39, 0.29) is 5.56 Å². The van der Waals surface area contributed by atoms with Gasteiger partial charge >= 0.3 is 0 Å². The largest absolute Gasteiger partial charge is 0.315 e. The lowest BCUT2D eigenvalue weighted by Gasteiger charge is -2.19. The van der Waals surface area contributed by atoms with Crippen molar-refractivity contribution >= 4 is 11.3 Å². The van der Waals surface area contributed by atoms with Gasteiger partial charge < -0.3 is 9.88 Å². The van der Waals surface area contributed by atoms with Crippen LogP contribution in [0.4, 0.5) is 0 Å². The molecule has 2 heterocycles. The molecule has 1 N–H and O–H groups in total. The molecule has 1 saturated carbocycles. The highest BCUT2D eigenvalue weighted by molar-refractivity contribution is 7.13. The van der Waals surface area contributed by atoms with E-state index in [2.05, 4.69) is 22.8 Å². The summed E-state index contributed by atoms with van der Waals surface area (Å²) in [5.41, 5.74) is 2.12. The molecule has 106 valence electrons. The van der Waals surface area contributed by atoms with Crippen LogP contribution < -0.4 is 10.9 Å². The van der Waals surface area contributed by atoms with Gasteiger partial charge in [-0.15, -0.1) is 11.3 Å². The molecule has 0 aliphatic heterocycles. The Kier molecular flexibility index (Phi) is 4.03. The van der Waals surface area contributed by atoms with Gasteiger partial charge in [0.15, 0.2) is 0 Å². The zero-order valence-corrected chi connectivity index (χ0v) is 12.6. The summed E-state index contributed by atoms with van der Waals surface area (Å²) in [5.74, 6) is 0. The highest BCUT2D eigenvalue weighted by Crippen LogP contribution is 2.33. The fraction of sp³-hybridized carbons (Fsp3) is 0.438. The number of rotatable bonds is 4. The van der Waals surface area contributed by atoms with Gasteiger partial charge in [0.25, 0.3) is 5.56 Å². The number of nitrogens with zero attached hydrogens (tertiary/aromatic N) is 1. The van der Waals surface area contributed by atoms with Crippen molar-refractivity contribution in [3.05, 3.63) is 45.6 Å². The van der Waals surface area contributed by atoms with Crippen molar-refractivity contribution < 1.29 is 0 Å². The minimum absolute atomic E-state index is 0.178. The third-order valence-electron chi connectivity index (χ3n) is 4.03. The number of hydrogen-bond acceptors (Lipinski definition) is 3. The smallest absolute Gasteiger partial charge is 0.255 e. The molecule has 1 fully saturated rings. The van der Waals surface area contributed by atoms with Gasteiger partial charge in [0.2, 0.25) is 0 Å². The SMILES string of the molecule is CNCc1ccc(-c2cccs2)n(C2CCCC2)c1=O. The zero-order chi connectivity index (χ0) is 13.9. The first kappa shape index (κ1) is 13.6. The topological polar surface area (TPSA) is 34.0 Å². The summed E-state index contributed by atoms with van der Waals surface area (Å²) in [6.07, 6.45) is 4.72. The van der Waals surface area contributed by atoms with Crippen molar-refractivity contribution in [3.8, 4) is 10.6 Å². The molecule has 3 rings (SSSR count). The lowest BCUT2D eigenvalue weighted by molar-refractivity contribution is 0.504. The maximum atomic E-state index is 12.8. The first-order valence-corrected chi connectivity index (χ1v) is 8.12. The molecule has 0 radical (unpaired) electrons. The second kappa shape index (κ2) is 5.94.